The minimum atomic E-state index is -3.79. The number of hydrogen-bond donors (Lipinski definition) is 1. The molecule has 1 heterocycles. The van der Waals surface area contributed by atoms with E-state index >= 15 is 0 Å². The summed E-state index contributed by atoms with van der Waals surface area (Å²) in [5.74, 6) is -0.0560. The third kappa shape index (κ3) is 4.48. The van der Waals surface area contributed by atoms with Crippen LogP contribution in [0.3, 0.4) is 0 Å². The standard InChI is InChI=1S/C26H30N2O5S/c1-4-15-33-26(30)27(24-16-25(29)19(24)3)14-13-20-17-28(23-8-6-5-7-22(20)23)34(31,32)21-11-9-18(2)10-12-21/h4-12,17,19,24-25,29H,1,13-16H2,2-3H3. The molecule has 3 aromatic rings. The van der Waals surface area contributed by atoms with Gasteiger partial charge in [-0.3, -0.25) is 0 Å². The van der Waals surface area contributed by atoms with Gasteiger partial charge in [0.25, 0.3) is 10.0 Å². The molecular weight excluding hydrogens is 452 g/mol. The molecule has 0 radical (unpaired) electrons. The molecule has 0 saturated heterocycles. The molecule has 180 valence electrons. The van der Waals surface area contributed by atoms with E-state index in [2.05, 4.69) is 6.58 Å². The smallest absolute Gasteiger partial charge is 0.410 e. The van der Waals surface area contributed by atoms with Crippen LogP contribution < -0.4 is 0 Å². The van der Waals surface area contributed by atoms with Gasteiger partial charge < -0.3 is 14.7 Å². The van der Waals surface area contributed by atoms with Crippen molar-refractivity contribution in [2.24, 2.45) is 5.92 Å². The van der Waals surface area contributed by atoms with Crippen molar-refractivity contribution in [2.75, 3.05) is 13.2 Å². The maximum absolute atomic E-state index is 13.4. The van der Waals surface area contributed by atoms with E-state index in [4.69, 9.17) is 4.74 Å². The number of nitrogens with zero attached hydrogens (tertiary/aromatic N) is 2. The fourth-order valence-corrected chi connectivity index (χ4v) is 5.83. The predicted octanol–water partition coefficient (Wildman–Crippen LogP) is 4.12. The van der Waals surface area contributed by atoms with Gasteiger partial charge in [0.1, 0.15) is 6.61 Å². The Kier molecular flexibility index (Phi) is 6.81. The Morgan fingerprint density at radius 1 is 1.24 bits per heavy atom. The third-order valence-corrected chi connectivity index (χ3v) is 8.30. The average Bonchev–Trinajstić information content (AvgIpc) is 3.21. The van der Waals surface area contributed by atoms with E-state index in [-0.39, 0.29) is 23.5 Å². The van der Waals surface area contributed by atoms with Crippen LogP contribution in [0.2, 0.25) is 0 Å². The second-order valence-corrected chi connectivity index (χ2v) is 10.6. The number of para-hydroxylation sites is 1. The lowest BCUT2D eigenvalue weighted by Crippen LogP contribution is -2.56. The summed E-state index contributed by atoms with van der Waals surface area (Å²) in [6.45, 7) is 7.85. The van der Waals surface area contributed by atoms with Gasteiger partial charge in [0.2, 0.25) is 0 Å². The zero-order valence-corrected chi connectivity index (χ0v) is 20.2. The summed E-state index contributed by atoms with van der Waals surface area (Å²) in [7, 11) is -3.79. The van der Waals surface area contributed by atoms with Crippen molar-refractivity contribution in [3.63, 3.8) is 0 Å². The highest BCUT2D eigenvalue weighted by atomic mass is 32.2. The number of fused-ring (bicyclic) bond motifs is 1. The number of aliphatic hydroxyl groups is 1. The van der Waals surface area contributed by atoms with E-state index in [9.17, 15) is 18.3 Å². The summed E-state index contributed by atoms with van der Waals surface area (Å²) in [5.41, 5.74) is 2.39. The summed E-state index contributed by atoms with van der Waals surface area (Å²) in [4.78, 5) is 14.6. The van der Waals surface area contributed by atoms with E-state index in [1.807, 2.05) is 32.0 Å². The van der Waals surface area contributed by atoms with Crippen LogP contribution in [0.15, 0.2) is 72.3 Å². The highest BCUT2D eigenvalue weighted by Gasteiger charge is 2.42. The molecule has 4 rings (SSSR count). The molecule has 2 aromatic carbocycles. The maximum Gasteiger partial charge on any atom is 0.410 e. The zero-order chi connectivity index (χ0) is 24.5. The minimum absolute atomic E-state index is 0.0560. The van der Waals surface area contributed by atoms with Gasteiger partial charge in [-0.05, 0) is 43.5 Å². The average molecular weight is 483 g/mol. The van der Waals surface area contributed by atoms with Crippen molar-refractivity contribution in [3.05, 3.63) is 78.5 Å². The highest BCUT2D eigenvalue weighted by molar-refractivity contribution is 7.90. The second-order valence-electron chi connectivity index (χ2n) is 8.82. The molecule has 1 aliphatic rings. The quantitative estimate of drug-likeness (QED) is 0.488. The Balaban J connectivity index is 1.65. The van der Waals surface area contributed by atoms with Gasteiger partial charge in [-0.1, -0.05) is 55.5 Å². The molecule has 0 aliphatic heterocycles. The Labute approximate surface area is 200 Å². The van der Waals surface area contributed by atoms with Crippen LogP contribution in [0.4, 0.5) is 4.79 Å². The number of aromatic nitrogens is 1. The van der Waals surface area contributed by atoms with Gasteiger partial charge >= 0.3 is 6.09 Å². The van der Waals surface area contributed by atoms with Crippen LogP contribution in [-0.2, 0) is 21.2 Å². The van der Waals surface area contributed by atoms with Gasteiger partial charge in [-0.15, -0.1) is 0 Å². The second kappa shape index (κ2) is 9.64. The molecular formula is C26H30N2O5S. The molecule has 1 fully saturated rings. The van der Waals surface area contributed by atoms with Gasteiger partial charge in [0.15, 0.2) is 0 Å². The molecule has 3 atom stereocenters. The van der Waals surface area contributed by atoms with E-state index in [0.29, 0.717) is 24.9 Å². The number of carbonyl (C=O) groups excluding carboxylic acids is 1. The Morgan fingerprint density at radius 2 is 1.94 bits per heavy atom. The van der Waals surface area contributed by atoms with Crippen molar-refractivity contribution in [1.29, 1.82) is 0 Å². The van der Waals surface area contributed by atoms with Gasteiger partial charge in [0.05, 0.1) is 16.5 Å². The van der Waals surface area contributed by atoms with Crippen molar-refractivity contribution in [1.82, 2.24) is 8.87 Å². The number of carbonyl (C=O) groups is 1. The molecule has 1 amide bonds. The molecule has 3 unspecified atom stereocenters. The van der Waals surface area contributed by atoms with Crippen molar-refractivity contribution < 1.29 is 23.1 Å². The first kappa shape index (κ1) is 24.0. The molecule has 1 aliphatic carbocycles. The summed E-state index contributed by atoms with van der Waals surface area (Å²) >= 11 is 0. The Bertz CT molecular complexity index is 1300. The first-order valence-corrected chi connectivity index (χ1v) is 12.8. The number of ether oxygens (including phenoxy) is 1. The number of benzene rings is 2. The topological polar surface area (TPSA) is 88.8 Å². The molecule has 8 heteroatoms. The lowest BCUT2D eigenvalue weighted by molar-refractivity contribution is -0.0494. The van der Waals surface area contributed by atoms with Crippen LogP contribution in [0, 0.1) is 12.8 Å². The minimum Gasteiger partial charge on any atom is -0.445 e. The molecule has 1 aromatic heterocycles. The maximum atomic E-state index is 13.4. The summed E-state index contributed by atoms with van der Waals surface area (Å²) in [6, 6.07) is 14.0. The molecule has 1 N–H and O–H groups in total. The third-order valence-electron chi connectivity index (χ3n) is 6.62. The van der Waals surface area contributed by atoms with E-state index in [1.165, 1.54) is 10.0 Å². The molecule has 0 bridgehead atoms. The van der Waals surface area contributed by atoms with Gasteiger partial charge in [0, 0.05) is 30.1 Å². The Morgan fingerprint density at radius 3 is 2.59 bits per heavy atom. The van der Waals surface area contributed by atoms with Crippen LogP contribution in [-0.4, -0.2) is 53.8 Å². The molecule has 7 nitrogen and oxygen atoms in total. The van der Waals surface area contributed by atoms with Crippen LogP contribution >= 0.6 is 0 Å². The first-order chi connectivity index (χ1) is 16.2. The lowest BCUT2D eigenvalue weighted by Gasteiger charge is -2.45. The monoisotopic (exact) mass is 482 g/mol. The number of aliphatic hydroxyl groups excluding tert-OH is 1. The number of hydrogen-bond acceptors (Lipinski definition) is 5. The molecule has 34 heavy (non-hydrogen) atoms. The Hall–Kier alpha value is -3.10. The number of aryl methyl sites for hydroxylation is 1. The first-order valence-electron chi connectivity index (χ1n) is 11.4. The normalized spacial score (nSPS) is 20.0. The summed E-state index contributed by atoms with van der Waals surface area (Å²) in [5, 5.41) is 10.8. The van der Waals surface area contributed by atoms with E-state index in [0.717, 1.165) is 16.5 Å². The van der Waals surface area contributed by atoms with Crippen molar-refractivity contribution in [2.45, 2.75) is 43.7 Å². The van der Waals surface area contributed by atoms with E-state index in [1.54, 1.807) is 41.4 Å². The predicted molar refractivity (Wildman–Crippen MR) is 131 cm³/mol. The SMILES string of the molecule is C=CCOC(=O)N(CCc1cn(S(=O)(=O)c2ccc(C)cc2)c2ccccc12)C1CC(O)C1C. The fourth-order valence-electron chi connectivity index (χ4n) is 4.43. The van der Waals surface area contributed by atoms with Crippen molar-refractivity contribution >= 4 is 27.0 Å². The van der Waals surface area contributed by atoms with Crippen LogP contribution in [0.5, 0.6) is 0 Å². The van der Waals surface area contributed by atoms with Crippen LogP contribution in [0.1, 0.15) is 24.5 Å². The van der Waals surface area contributed by atoms with E-state index < -0.39 is 22.2 Å². The summed E-state index contributed by atoms with van der Waals surface area (Å²) in [6.07, 6.45) is 3.19. The van der Waals surface area contributed by atoms with Gasteiger partial charge in [-0.2, -0.15) is 0 Å². The van der Waals surface area contributed by atoms with Gasteiger partial charge in [-0.25, -0.2) is 17.2 Å². The van der Waals surface area contributed by atoms with Crippen molar-refractivity contribution in [3.8, 4) is 0 Å². The number of amides is 1. The molecule has 0 spiro atoms. The van der Waals surface area contributed by atoms with Crippen LogP contribution in [0.25, 0.3) is 10.9 Å². The highest BCUT2D eigenvalue weighted by Crippen LogP contribution is 2.33. The fraction of sp³-hybridized carbons (Fsp3) is 0.346. The molecule has 1 saturated carbocycles. The summed E-state index contributed by atoms with van der Waals surface area (Å²) < 4.78 is 33.4. The lowest BCUT2D eigenvalue weighted by atomic mass is 9.77. The number of rotatable bonds is 8. The largest absolute Gasteiger partial charge is 0.445 e. The zero-order valence-electron chi connectivity index (χ0n) is 19.4.